The highest BCUT2D eigenvalue weighted by atomic mass is 19.4. The first-order valence-corrected chi connectivity index (χ1v) is 5.41. The molecule has 0 saturated heterocycles. The lowest BCUT2D eigenvalue weighted by atomic mass is 9.96. The van der Waals surface area contributed by atoms with Crippen LogP contribution in [0.5, 0.6) is 0 Å². The monoisotopic (exact) mass is 240 g/mol. The van der Waals surface area contributed by atoms with Crippen LogP contribution in [0.4, 0.5) is 18.0 Å². The summed E-state index contributed by atoms with van der Waals surface area (Å²) >= 11 is 0. The molecule has 3 nitrogen and oxygen atoms in total. The minimum Gasteiger partial charge on any atom is -0.335 e. The SMILES string of the molecule is CCC(CC)C(C)NC(=O)NCC(F)(F)F. The minimum atomic E-state index is -4.37. The van der Waals surface area contributed by atoms with E-state index < -0.39 is 18.8 Å². The molecule has 0 aromatic heterocycles. The molecule has 0 aliphatic rings. The van der Waals surface area contributed by atoms with E-state index in [-0.39, 0.29) is 12.0 Å². The average Bonchev–Trinajstić information content (AvgIpc) is 2.15. The van der Waals surface area contributed by atoms with Crippen molar-refractivity contribution in [3.8, 4) is 0 Å². The summed E-state index contributed by atoms with van der Waals surface area (Å²) in [6.45, 7) is 4.47. The summed E-state index contributed by atoms with van der Waals surface area (Å²) in [5, 5.41) is 4.29. The molecule has 2 N–H and O–H groups in total. The second kappa shape index (κ2) is 6.60. The van der Waals surface area contributed by atoms with E-state index in [9.17, 15) is 18.0 Å². The molecular weight excluding hydrogens is 221 g/mol. The zero-order valence-electron chi connectivity index (χ0n) is 9.82. The molecule has 1 atom stereocenters. The lowest BCUT2D eigenvalue weighted by Gasteiger charge is -2.22. The van der Waals surface area contributed by atoms with Crippen LogP contribution < -0.4 is 10.6 Å². The summed E-state index contributed by atoms with van der Waals surface area (Å²) in [5.74, 6) is 0.289. The number of carbonyl (C=O) groups excluding carboxylic acids is 1. The number of alkyl halides is 3. The van der Waals surface area contributed by atoms with E-state index in [4.69, 9.17) is 0 Å². The fourth-order valence-corrected chi connectivity index (χ4v) is 1.55. The smallest absolute Gasteiger partial charge is 0.335 e. The first kappa shape index (κ1) is 15.1. The molecule has 0 heterocycles. The molecule has 0 radical (unpaired) electrons. The molecule has 0 aromatic rings. The van der Waals surface area contributed by atoms with E-state index in [0.717, 1.165) is 12.8 Å². The Kier molecular flexibility index (Phi) is 6.21. The number of nitrogens with one attached hydrogen (secondary N) is 2. The van der Waals surface area contributed by atoms with Crippen LogP contribution in [0.3, 0.4) is 0 Å². The first-order chi connectivity index (χ1) is 7.30. The fourth-order valence-electron chi connectivity index (χ4n) is 1.55. The lowest BCUT2D eigenvalue weighted by Crippen LogP contribution is -2.46. The van der Waals surface area contributed by atoms with E-state index in [1.165, 1.54) is 0 Å². The number of hydrogen-bond donors (Lipinski definition) is 2. The van der Waals surface area contributed by atoms with Crippen LogP contribution in [0.2, 0.25) is 0 Å². The van der Waals surface area contributed by atoms with Gasteiger partial charge in [-0.25, -0.2) is 4.79 Å². The predicted octanol–water partition coefficient (Wildman–Crippen LogP) is 2.67. The van der Waals surface area contributed by atoms with E-state index in [1.807, 2.05) is 13.8 Å². The normalized spacial score (nSPS) is 13.7. The summed E-state index contributed by atoms with van der Waals surface area (Å²) in [6.07, 6.45) is -2.59. The Morgan fingerprint density at radius 1 is 1.25 bits per heavy atom. The number of rotatable bonds is 5. The minimum absolute atomic E-state index is 0.122. The molecule has 0 spiro atoms. The van der Waals surface area contributed by atoms with Crippen LogP contribution in [-0.2, 0) is 0 Å². The van der Waals surface area contributed by atoms with Gasteiger partial charge in [-0.1, -0.05) is 26.7 Å². The molecule has 0 aliphatic carbocycles. The van der Waals surface area contributed by atoms with Gasteiger partial charge >= 0.3 is 12.2 Å². The molecular formula is C10H19F3N2O. The molecule has 2 amide bonds. The van der Waals surface area contributed by atoms with Crippen LogP contribution in [-0.4, -0.2) is 24.8 Å². The molecule has 0 aromatic carbocycles. The summed E-state index contributed by atoms with van der Waals surface area (Å²) in [4.78, 5) is 11.1. The van der Waals surface area contributed by atoms with Crippen molar-refractivity contribution in [3.05, 3.63) is 0 Å². The standard InChI is InChI=1S/C10H19F3N2O/c1-4-8(5-2)7(3)15-9(16)14-6-10(11,12)13/h7-8H,4-6H2,1-3H3,(H2,14,15,16). The average molecular weight is 240 g/mol. The Balaban J connectivity index is 3.95. The van der Waals surface area contributed by atoms with Gasteiger partial charge in [0.1, 0.15) is 6.54 Å². The van der Waals surface area contributed by atoms with Gasteiger partial charge in [0.05, 0.1) is 0 Å². The summed E-state index contributed by atoms with van der Waals surface area (Å²) in [7, 11) is 0. The molecule has 0 fully saturated rings. The van der Waals surface area contributed by atoms with Crippen molar-refractivity contribution in [2.75, 3.05) is 6.54 Å². The highest BCUT2D eigenvalue weighted by molar-refractivity contribution is 5.74. The van der Waals surface area contributed by atoms with Crippen molar-refractivity contribution in [3.63, 3.8) is 0 Å². The Morgan fingerprint density at radius 2 is 1.75 bits per heavy atom. The highest BCUT2D eigenvalue weighted by Crippen LogP contribution is 2.13. The van der Waals surface area contributed by atoms with Crippen molar-refractivity contribution < 1.29 is 18.0 Å². The number of urea groups is 1. The largest absolute Gasteiger partial charge is 0.405 e. The molecule has 0 rings (SSSR count). The second-order valence-corrected chi connectivity index (χ2v) is 3.81. The molecule has 1 unspecified atom stereocenters. The maximum absolute atomic E-state index is 11.8. The van der Waals surface area contributed by atoms with Crippen LogP contribution in [0, 0.1) is 5.92 Å². The van der Waals surface area contributed by atoms with Crippen molar-refractivity contribution in [1.29, 1.82) is 0 Å². The van der Waals surface area contributed by atoms with Gasteiger partial charge in [-0.15, -0.1) is 0 Å². The van der Waals surface area contributed by atoms with Crippen molar-refractivity contribution in [1.82, 2.24) is 10.6 Å². The molecule has 6 heteroatoms. The molecule has 0 aliphatic heterocycles. The number of carbonyl (C=O) groups is 1. The van der Waals surface area contributed by atoms with Crippen molar-refractivity contribution in [2.45, 2.75) is 45.8 Å². The van der Waals surface area contributed by atoms with E-state index >= 15 is 0 Å². The van der Waals surface area contributed by atoms with Gasteiger partial charge in [-0.3, -0.25) is 0 Å². The van der Waals surface area contributed by atoms with Crippen LogP contribution in [0.15, 0.2) is 0 Å². The van der Waals surface area contributed by atoms with Crippen molar-refractivity contribution >= 4 is 6.03 Å². The third-order valence-corrected chi connectivity index (χ3v) is 2.56. The van der Waals surface area contributed by atoms with Gasteiger partial charge in [-0.05, 0) is 12.8 Å². The number of amides is 2. The van der Waals surface area contributed by atoms with Gasteiger partial charge in [0, 0.05) is 6.04 Å². The Bertz CT molecular complexity index is 215. The lowest BCUT2D eigenvalue weighted by molar-refractivity contribution is -0.122. The fraction of sp³-hybridized carbons (Fsp3) is 0.900. The van der Waals surface area contributed by atoms with Crippen LogP contribution in [0.25, 0.3) is 0 Å². The maximum atomic E-state index is 11.8. The van der Waals surface area contributed by atoms with Gasteiger partial charge in [0.25, 0.3) is 0 Å². The number of hydrogen-bond acceptors (Lipinski definition) is 1. The van der Waals surface area contributed by atoms with Gasteiger partial charge < -0.3 is 10.6 Å². The second-order valence-electron chi connectivity index (χ2n) is 3.81. The summed E-state index contributed by atoms with van der Waals surface area (Å²) in [6, 6.07) is -0.889. The highest BCUT2D eigenvalue weighted by Gasteiger charge is 2.28. The van der Waals surface area contributed by atoms with Crippen LogP contribution >= 0.6 is 0 Å². The zero-order chi connectivity index (χ0) is 12.8. The van der Waals surface area contributed by atoms with E-state index in [1.54, 1.807) is 12.2 Å². The van der Waals surface area contributed by atoms with Gasteiger partial charge in [0.15, 0.2) is 0 Å². The van der Waals surface area contributed by atoms with E-state index in [2.05, 4.69) is 5.32 Å². The van der Waals surface area contributed by atoms with Crippen molar-refractivity contribution in [2.24, 2.45) is 5.92 Å². The maximum Gasteiger partial charge on any atom is 0.405 e. The predicted molar refractivity (Wildman–Crippen MR) is 56.1 cm³/mol. The molecule has 0 saturated carbocycles. The molecule has 96 valence electrons. The van der Waals surface area contributed by atoms with Gasteiger partial charge in [-0.2, -0.15) is 13.2 Å². The van der Waals surface area contributed by atoms with Gasteiger partial charge in [0.2, 0.25) is 0 Å². The zero-order valence-corrected chi connectivity index (χ0v) is 9.82. The Labute approximate surface area is 93.8 Å². The molecule has 16 heavy (non-hydrogen) atoms. The summed E-state index contributed by atoms with van der Waals surface area (Å²) < 4.78 is 35.4. The topological polar surface area (TPSA) is 41.1 Å². The third kappa shape index (κ3) is 6.53. The Morgan fingerprint density at radius 3 is 2.12 bits per heavy atom. The van der Waals surface area contributed by atoms with Crippen LogP contribution in [0.1, 0.15) is 33.6 Å². The summed E-state index contributed by atoms with van der Waals surface area (Å²) in [5.41, 5.74) is 0. The first-order valence-electron chi connectivity index (χ1n) is 5.41. The van der Waals surface area contributed by atoms with E-state index in [0.29, 0.717) is 0 Å². The quantitative estimate of drug-likeness (QED) is 0.762. The Hall–Kier alpha value is -0.940. The number of halogens is 3. The third-order valence-electron chi connectivity index (χ3n) is 2.56. The molecule has 0 bridgehead atoms.